The first-order valence-electron chi connectivity index (χ1n) is 10.6. The number of carboxylic acids is 1. The fourth-order valence-corrected chi connectivity index (χ4v) is 4.08. The van der Waals surface area contributed by atoms with E-state index in [1.807, 2.05) is 55.5 Å². The molecule has 1 unspecified atom stereocenters. The lowest BCUT2D eigenvalue weighted by molar-refractivity contribution is -0.138. The highest BCUT2D eigenvalue weighted by atomic mass is 16.5. The number of rotatable bonds is 7. The van der Waals surface area contributed by atoms with Crippen LogP contribution in [0.5, 0.6) is 0 Å². The molecule has 7 nitrogen and oxygen atoms in total. The quantitative estimate of drug-likeness (QED) is 0.515. The van der Waals surface area contributed by atoms with Gasteiger partial charge in [-0.05, 0) is 34.7 Å². The van der Waals surface area contributed by atoms with Gasteiger partial charge in [0, 0.05) is 5.92 Å². The van der Waals surface area contributed by atoms with E-state index in [2.05, 4.69) is 22.8 Å². The van der Waals surface area contributed by atoms with Crippen molar-refractivity contribution in [3.63, 3.8) is 0 Å². The molecular formula is C26H24N2O5. The first kappa shape index (κ1) is 22.1. The molecule has 7 heteroatoms. The standard InChI is InChI=1S/C26H24N2O5/c1-16-10-12-17(13-11-16)24(25(31)27-14-23(29)30)28-26(32)33-15-22-20-8-4-2-6-18(20)19-7-3-5-9-21(19)22/h2-13,22,24H,14-15H2,1H3,(H,27,31)(H,28,32)(H,29,30). The number of carbonyl (C=O) groups excluding carboxylic acids is 2. The average molecular weight is 444 g/mol. The van der Waals surface area contributed by atoms with Crippen LogP contribution in [-0.2, 0) is 14.3 Å². The van der Waals surface area contributed by atoms with Crippen LogP contribution in [0.2, 0.25) is 0 Å². The fraction of sp³-hybridized carbons (Fsp3) is 0.192. The number of hydrogen-bond acceptors (Lipinski definition) is 4. The van der Waals surface area contributed by atoms with Gasteiger partial charge in [-0.15, -0.1) is 0 Å². The van der Waals surface area contributed by atoms with Crippen molar-refractivity contribution >= 4 is 18.0 Å². The van der Waals surface area contributed by atoms with Crippen LogP contribution in [-0.4, -0.2) is 36.2 Å². The number of fused-ring (bicyclic) bond motifs is 3. The molecule has 1 atom stereocenters. The predicted octanol–water partition coefficient (Wildman–Crippen LogP) is 3.78. The smallest absolute Gasteiger partial charge is 0.408 e. The number of benzene rings is 3. The second kappa shape index (κ2) is 9.56. The lowest BCUT2D eigenvalue weighted by Crippen LogP contribution is -2.42. The van der Waals surface area contributed by atoms with Gasteiger partial charge < -0.3 is 20.5 Å². The molecule has 0 saturated heterocycles. The largest absolute Gasteiger partial charge is 0.480 e. The molecule has 0 radical (unpaired) electrons. The molecule has 0 bridgehead atoms. The van der Waals surface area contributed by atoms with Gasteiger partial charge >= 0.3 is 12.1 Å². The second-order valence-corrected chi connectivity index (χ2v) is 7.93. The van der Waals surface area contributed by atoms with E-state index in [1.165, 1.54) is 0 Å². The third-order valence-corrected chi connectivity index (χ3v) is 5.69. The van der Waals surface area contributed by atoms with Crippen molar-refractivity contribution in [1.82, 2.24) is 10.6 Å². The molecule has 0 spiro atoms. The monoisotopic (exact) mass is 444 g/mol. The van der Waals surface area contributed by atoms with Gasteiger partial charge in [0.15, 0.2) is 0 Å². The normalized spacial score (nSPS) is 12.9. The van der Waals surface area contributed by atoms with Gasteiger partial charge in [0.1, 0.15) is 19.2 Å². The third kappa shape index (κ3) is 4.87. The molecule has 2 amide bonds. The lowest BCUT2D eigenvalue weighted by Gasteiger charge is -2.20. The summed E-state index contributed by atoms with van der Waals surface area (Å²) in [6.45, 7) is 1.47. The van der Waals surface area contributed by atoms with Crippen LogP contribution in [0.1, 0.15) is 34.2 Å². The molecule has 3 aromatic rings. The minimum Gasteiger partial charge on any atom is -0.480 e. The van der Waals surface area contributed by atoms with E-state index in [9.17, 15) is 14.4 Å². The van der Waals surface area contributed by atoms with Gasteiger partial charge in [0.25, 0.3) is 0 Å². The number of ether oxygens (including phenoxy) is 1. The van der Waals surface area contributed by atoms with Gasteiger partial charge in [-0.25, -0.2) is 4.79 Å². The van der Waals surface area contributed by atoms with Crippen molar-refractivity contribution in [2.24, 2.45) is 0 Å². The number of carbonyl (C=O) groups is 3. The van der Waals surface area contributed by atoms with Crippen LogP contribution in [0.25, 0.3) is 11.1 Å². The Labute approximate surface area is 191 Å². The van der Waals surface area contributed by atoms with E-state index >= 15 is 0 Å². The van der Waals surface area contributed by atoms with Crippen LogP contribution in [0.3, 0.4) is 0 Å². The summed E-state index contributed by atoms with van der Waals surface area (Å²) in [5.41, 5.74) is 5.92. The Morgan fingerprint density at radius 2 is 1.48 bits per heavy atom. The summed E-state index contributed by atoms with van der Waals surface area (Å²) >= 11 is 0. The second-order valence-electron chi connectivity index (χ2n) is 7.93. The Morgan fingerprint density at radius 1 is 0.909 bits per heavy atom. The maximum Gasteiger partial charge on any atom is 0.408 e. The van der Waals surface area contributed by atoms with E-state index in [0.29, 0.717) is 5.56 Å². The Hall–Kier alpha value is -4.13. The number of aliphatic carboxylic acids is 1. The predicted molar refractivity (Wildman–Crippen MR) is 123 cm³/mol. The minimum absolute atomic E-state index is 0.108. The zero-order valence-corrected chi connectivity index (χ0v) is 18.1. The average Bonchev–Trinajstić information content (AvgIpc) is 3.14. The Kier molecular flexibility index (Phi) is 6.40. The molecule has 3 N–H and O–H groups in total. The van der Waals surface area contributed by atoms with E-state index in [-0.39, 0.29) is 12.5 Å². The van der Waals surface area contributed by atoms with Gasteiger partial charge in [-0.2, -0.15) is 0 Å². The molecule has 4 rings (SSSR count). The third-order valence-electron chi connectivity index (χ3n) is 5.69. The first-order chi connectivity index (χ1) is 15.9. The van der Waals surface area contributed by atoms with Crippen LogP contribution in [0, 0.1) is 6.92 Å². The van der Waals surface area contributed by atoms with Gasteiger partial charge in [-0.3, -0.25) is 9.59 Å². The van der Waals surface area contributed by atoms with Crippen molar-refractivity contribution in [2.45, 2.75) is 18.9 Å². The topological polar surface area (TPSA) is 105 Å². The number of hydrogen-bond donors (Lipinski definition) is 3. The van der Waals surface area contributed by atoms with Crippen LogP contribution < -0.4 is 10.6 Å². The SMILES string of the molecule is Cc1ccc(C(NC(=O)OCC2c3ccccc3-c3ccccc32)C(=O)NCC(=O)O)cc1. The number of carboxylic acid groups (broad SMARTS) is 1. The van der Waals surface area contributed by atoms with Crippen molar-refractivity contribution < 1.29 is 24.2 Å². The maximum absolute atomic E-state index is 12.7. The molecule has 1 aliphatic carbocycles. The summed E-state index contributed by atoms with van der Waals surface area (Å²) < 4.78 is 5.54. The van der Waals surface area contributed by atoms with Crippen molar-refractivity contribution in [1.29, 1.82) is 0 Å². The van der Waals surface area contributed by atoms with Crippen LogP contribution >= 0.6 is 0 Å². The van der Waals surface area contributed by atoms with Gasteiger partial charge in [0.2, 0.25) is 5.91 Å². The van der Waals surface area contributed by atoms with Crippen LogP contribution in [0.4, 0.5) is 4.79 Å². The highest BCUT2D eigenvalue weighted by Gasteiger charge is 2.30. The highest BCUT2D eigenvalue weighted by molar-refractivity contribution is 5.89. The zero-order chi connectivity index (χ0) is 23.4. The van der Waals surface area contributed by atoms with E-state index in [4.69, 9.17) is 9.84 Å². The van der Waals surface area contributed by atoms with E-state index in [1.54, 1.807) is 12.1 Å². The molecule has 1 aliphatic rings. The fourth-order valence-electron chi connectivity index (χ4n) is 4.08. The van der Waals surface area contributed by atoms with Crippen molar-refractivity contribution in [2.75, 3.05) is 13.2 Å². The summed E-state index contributed by atoms with van der Waals surface area (Å²) in [6, 6.07) is 22.0. The minimum atomic E-state index is -1.17. The Balaban J connectivity index is 1.48. The van der Waals surface area contributed by atoms with Crippen LogP contribution in [0.15, 0.2) is 72.8 Å². The summed E-state index contributed by atoms with van der Waals surface area (Å²) in [5.74, 6) is -1.91. The molecule has 3 aromatic carbocycles. The van der Waals surface area contributed by atoms with E-state index in [0.717, 1.165) is 27.8 Å². The molecule has 0 heterocycles. The summed E-state index contributed by atoms with van der Waals surface area (Å²) in [6.07, 6.45) is -0.757. The molecular weight excluding hydrogens is 420 g/mol. The Bertz CT molecular complexity index is 1140. The number of alkyl carbamates (subject to hydrolysis) is 1. The molecule has 33 heavy (non-hydrogen) atoms. The zero-order valence-electron chi connectivity index (χ0n) is 18.1. The van der Waals surface area contributed by atoms with Gasteiger partial charge in [-0.1, -0.05) is 78.4 Å². The lowest BCUT2D eigenvalue weighted by atomic mass is 9.98. The number of aryl methyl sites for hydroxylation is 1. The van der Waals surface area contributed by atoms with Crippen molar-refractivity contribution in [3.8, 4) is 11.1 Å². The molecule has 0 saturated carbocycles. The molecule has 0 aromatic heterocycles. The number of amides is 2. The molecule has 0 fully saturated rings. The maximum atomic E-state index is 12.7. The summed E-state index contributed by atoms with van der Waals surface area (Å²) in [7, 11) is 0. The molecule has 0 aliphatic heterocycles. The van der Waals surface area contributed by atoms with Crippen molar-refractivity contribution in [3.05, 3.63) is 95.1 Å². The molecule has 168 valence electrons. The summed E-state index contributed by atoms with van der Waals surface area (Å²) in [5, 5.41) is 13.8. The van der Waals surface area contributed by atoms with Gasteiger partial charge in [0.05, 0.1) is 0 Å². The summed E-state index contributed by atoms with van der Waals surface area (Å²) in [4.78, 5) is 36.2. The first-order valence-corrected chi connectivity index (χ1v) is 10.6. The van der Waals surface area contributed by atoms with E-state index < -0.39 is 30.6 Å². The Morgan fingerprint density at radius 3 is 2.06 bits per heavy atom. The highest BCUT2D eigenvalue weighted by Crippen LogP contribution is 2.44. The number of nitrogens with one attached hydrogen (secondary N) is 2.